The number of pyridine rings is 1. The second-order valence-electron chi connectivity index (χ2n) is 9.23. The fourth-order valence-electron chi connectivity index (χ4n) is 3.96. The molecule has 192 valence electrons. The summed E-state index contributed by atoms with van der Waals surface area (Å²) in [5.74, 6) is 0.686. The monoisotopic (exact) mass is 522 g/mol. The first-order chi connectivity index (χ1) is 17.7. The van der Waals surface area contributed by atoms with Crippen LogP contribution in [0.15, 0.2) is 96.2 Å². The summed E-state index contributed by atoms with van der Waals surface area (Å²) < 4.78 is 50.0. The van der Waals surface area contributed by atoms with Gasteiger partial charge in [-0.2, -0.15) is 13.2 Å². The third-order valence-corrected chi connectivity index (χ3v) is 7.27. The molecule has 0 aliphatic carbocycles. The summed E-state index contributed by atoms with van der Waals surface area (Å²) in [6.07, 6.45) is 0.0177. The van der Waals surface area contributed by atoms with Gasteiger partial charge in [0.1, 0.15) is 12.4 Å². The van der Waals surface area contributed by atoms with Gasteiger partial charge in [0, 0.05) is 22.8 Å². The normalized spacial score (nSPS) is 11.9. The largest absolute Gasteiger partial charge is 0.489 e. The van der Waals surface area contributed by atoms with Gasteiger partial charge in [-0.05, 0) is 96.4 Å². The minimum absolute atomic E-state index is 0.127. The van der Waals surface area contributed by atoms with E-state index in [0.717, 1.165) is 52.3 Å². The summed E-state index contributed by atoms with van der Waals surface area (Å²) in [5.41, 5.74) is 3.73. The Morgan fingerprint density at radius 2 is 1.65 bits per heavy atom. The minimum atomic E-state index is -4.42. The molecule has 0 aliphatic heterocycles. The molecular formula is C30H29F3N2OS. The molecule has 0 radical (unpaired) electrons. The lowest BCUT2D eigenvalue weighted by atomic mass is 9.90. The highest BCUT2D eigenvalue weighted by molar-refractivity contribution is 7.97. The number of alkyl halides is 3. The van der Waals surface area contributed by atoms with Crippen LogP contribution in [-0.2, 0) is 24.7 Å². The van der Waals surface area contributed by atoms with Crippen LogP contribution in [0.3, 0.4) is 0 Å². The van der Waals surface area contributed by atoms with E-state index in [2.05, 4.69) is 22.7 Å². The molecule has 0 unspecified atom stereocenters. The number of nitrogens with zero attached hydrogens (tertiary/aromatic N) is 1. The van der Waals surface area contributed by atoms with Crippen LogP contribution in [0.25, 0.3) is 11.1 Å². The second kappa shape index (κ2) is 11.4. The summed E-state index contributed by atoms with van der Waals surface area (Å²) in [6, 6.07) is 23.5. The number of aromatic nitrogens is 1. The SMILES string of the molecule is CCc1cnccc1-c1cc(OCc2ccccc2)cc(C(C)(C)NSc2ccccc2C(F)(F)F)c1. The molecule has 7 heteroatoms. The number of aryl methyl sites for hydroxylation is 1. The Kier molecular flexibility index (Phi) is 8.25. The standard InChI is InChI=1S/C30H29F3N2OS/c1-4-22-19-34-15-14-26(22)23-16-24(18-25(17-23)36-20-21-10-6-5-7-11-21)29(2,3)35-37-28-13-9-8-12-27(28)30(31,32)33/h5-19,35H,4,20H2,1-3H3. The Morgan fingerprint density at radius 3 is 2.38 bits per heavy atom. The number of nitrogens with one attached hydrogen (secondary N) is 1. The van der Waals surface area contributed by atoms with Gasteiger partial charge >= 0.3 is 6.18 Å². The topological polar surface area (TPSA) is 34.1 Å². The number of benzene rings is 3. The first kappa shape index (κ1) is 26.8. The summed E-state index contributed by atoms with van der Waals surface area (Å²) in [4.78, 5) is 4.39. The molecule has 0 saturated carbocycles. The predicted molar refractivity (Wildman–Crippen MR) is 143 cm³/mol. The van der Waals surface area contributed by atoms with E-state index in [4.69, 9.17) is 4.74 Å². The zero-order chi connectivity index (χ0) is 26.5. The van der Waals surface area contributed by atoms with Gasteiger partial charge in [-0.15, -0.1) is 0 Å². The van der Waals surface area contributed by atoms with Gasteiger partial charge in [-0.3, -0.25) is 4.98 Å². The molecule has 1 N–H and O–H groups in total. The number of ether oxygens (including phenoxy) is 1. The number of halogens is 3. The van der Waals surface area contributed by atoms with Crippen molar-refractivity contribution >= 4 is 11.9 Å². The lowest BCUT2D eigenvalue weighted by molar-refractivity contribution is -0.139. The average Bonchev–Trinajstić information content (AvgIpc) is 2.91. The molecule has 0 spiro atoms. The average molecular weight is 523 g/mol. The van der Waals surface area contributed by atoms with E-state index >= 15 is 0 Å². The van der Waals surface area contributed by atoms with Crippen LogP contribution in [0.4, 0.5) is 13.2 Å². The van der Waals surface area contributed by atoms with Gasteiger partial charge < -0.3 is 4.74 Å². The van der Waals surface area contributed by atoms with Crippen molar-refractivity contribution < 1.29 is 17.9 Å². The lowest BCUT2D eigenvalue weighted by Crippen LogP contribution is -2.31. The molecule has 4 rings (SSSR count). The number of hydrogen-bond acceptors (Lipinski definition) is 4. The highest BCUT2D eigenvalue weighted by Crippen LogP contribution is 2.38. The van der Waals surface area contributed by atoms with Crippen LogP contribution in [0.5, 0.6) is 5.75 Å². The zero-order valence-corrected chi connectivity index (χ0v) is 21.8. The molecule has 0 amide bonds. The van der Waals surface area contributed by atoms with Crippen LogP contribution in [0, 0.1) is 0 Å². The molecular weight excluding hydrogens is 493 g/mol. The summed E-state index contributed by atoms with van der Waals surface area (Å²) in [6.45, 7) is 6.38. The van der Waals surface area contributed by atoms with Gasteiger partial charge in [-0.25, -0.2) is 4.72 Å². The van der Waals surface area contributed by atoms with E-state index in [-0.39, 0.29) is 4.90 Å². The van der Waals surface area contributed by atoms with Crippen LogP contribution in [0.2, 0.25) is 0 Å². The van der Waals surface area contributed by atoms with Gasteiger partial charge in [0.05, 0.1) is 5.56 Å². The molecule has 0 saturated heterocycles. The van der Waals surface area contributed by atoms with Crippen molar-refractivity contribution in [2.45, 2.75) is 50.4 Å². The second-order valence-corrected chi connectivity index (χ2v) is 10.1. The summed E-state index contributed by atoms with van der Waals surface area (Å²) >= 11 is 0.980. The maximum Gasteiger partial charge on any atom is 0.417 e. The quantitative estimate of drug-likeness (QED) is 0.224. The van der Waals surface area contributed by atoms with E-state index in [9.17, 15) is 13.2 Å². The van der Waals surface area contributed by atoms with E-state index in [1.807, 2.05) is 68.6 Å². The highest BCUT2D eigenvalue weighted by atomic mass is 32.2. The van der Waals surface area contributed by atoms with Crippen molar-refractivity contribution in [1.29, 1.82) is 0 Å². The predicted octanol–water partition coefficient (Wildman–Crippen LogP) is 8.44. The lowest BCUT2D eigenvalue weighted by Gasteiger charge is -2.28. The minimum Gasteiger partial charge on any atom is -0.489 e. The first-order valence-corrected chi connectivity index (χ1v) is 12.8. The molecule has 4 aromatic rings. The Labute approximate surface area is 220 Å². The zero-order valence-electron chi connectivity index (χ0n) is 21.0. The molecule has 1 aromatic heterocycles. The summed E-state index contributed by atoms with van der Waals surface area (Å²) in [5, 5.41) is 0. The molecule has 37 heavy (non-hydrogen) atoms. The van der Waals surface area contributed by atoms with E-state index in [0.29, 0.717) is 12.4 Å². The third kappa shape index (κ3) is 6.73. The van der Waals surface area contributed by atoms with E-state index < -0.39 is 17.3 Å². The Bertz CT molecular complexity index is 1340. The van der Waals surface area contributed by atoms with Crippen molar-refractivity contribution in [2.24, 2.45) is 0 Å². The van der Waals surface area contributed by atoms with Gasteiger partial charge in [0.2, 0.25) is 0 Å². The van der Waals surface area contributed by atoms with Crippen LogP contribution < -0.4 is 9.46 Å². The van der Waals surface area contributed by atoms with Crippen molar-refractivity contribution in [3.05, 3.63) is 114 Å². The number of rotatable bonds is 9. The maximum absolute atomic E-state index is 13.5. The van der Waals surface area contributed by atoms with E-state index in [1.165, 1.54) is 12.1 Å². The Hall–Kier alpha value is -3.29. The van der Waals surface area contributed by atoms with Crippen molar-refractivity contribution in [3.8, 4) is 16.9 Å². The third-order valence-electron chi connectivity index (χ3n) is 6.08. The molecule has 3 aromatic carbocycles. The fourth-order valence-corrected chi connectivity index (χ4v) is 4.88. The smallest absolute Gasteiger partial charge is 0.417 e. The maximum atomic E-state index is 13.5. The molecule has 1 heterocycles. The molecule has 0 bridgehead atoms. The molecule has 0 atom stereocenters. The fraction of sp³-hybridized carbons (Fsp3) is 0.233. The van der Waals surface area contributed by atoms with Crippen molar-refractivity contribution in [1.82, 2.24) is 9.71 Å². The van der Waals surface area contributed by atoms with E-state index in [1.54, 1.807) is 12.3 Å². The number of hydrogen-bond donors (Lipinski definition) is 1. The van der Waals surface area contributed by atoms with Crippen LogP contribution in [-0.4, -0.2) is 4.98 Å². The first-order valence-electron chi connectivity index (χ1n) is 12.0. The summed E-state index contributed by atoms with van der Waals surface area (Å²) in [7, 11) is 0. The van der Waals surface area contributed by atoms with Crippen LogP contribution in [0.1, 0.15) is 43.0 Å². The van der Waals surface area contributed by atoms with Crippen LogP contribution >= 0.6 is 11.9 Å². The van der Waals surface area contributed by atoms with Crippen molar-refractivity contribution in [3.63, 3.8) is 0 Å². The van der Waals surface area contributed by atoms with Gasteiger partial charge in [0.15, 0.2) is 0 Å². The van der Waals surface area contributed by atoms with Crippen molar-refractivity contribution in [2.75, 3.05) is 0 Å². The Balaban J connectivity index is 1.68. The Morgan fingerprint density at radius 1 is 0.919 bits per heavy atom. The van der Waals surface area contributed by atoms with Gasteiger partial charge in [0.25, 0.3) is 0 Å². The highest BCUT2D eigenvalue weighted by Gasteiger charge is 2.34. The molecule has 0 fully saturated rings. The van der Waals surface area contributed by atoms with Gasteiger partial charge in [-0.1, -0.05) is 49.4 Å². The molecule has 0 aliphatic rings. The molecule has 3 nitrogen and oxygen atoms in total.